The van der Waals surface area contributed by atoms with Crippen molar-refractivity contribution in [2.75, 3.05) is 5.73 Å². The summed E-state index contributed by atoms with van der Waals surface area (Å²) in [5, 5.41) is 0.433. The molecule has 2 N–H and O–H groups in total. The van der Waals surface area contributed by atoms with E-state index in [0.717, 1.165) is 11.3 Å². The van der Waals surface area contributed by atoms with Crippen molar-refractivity contribution in [1.82, 2.24) is 14.1 Å². The fourth-order valence-electron chi connectivity index (χ4n) is 1.66. The Kier molecular flexibility index (Phi) is 3.61. The van der Waals surface area contributed by atoms with Crippen LogP contribution < -0.4 is 17.0 Å². The molecule has 0 unspecified atom stereocenters. The zero-order chi connectivity index (χ0) is 13.1. The van der Waals surface area contributed by atoms with Crippen molar-refractivity contribution in [2.45, 2.75) is 26.4 Å². The summed E-state index contributed by atoms with van der Waals surface area (Å²) < 4.78 is 2.73. The van der Waals surface area contributed by atoms with Crippen LogP contribution in [0.25, 0.3) is 0 Å². The summed E-state index contributed by atoms with van der Waals surface area (Å²) >= 11 is 1.28. The minimum atomic E-state index is -0.306. The summed E-state index contributed by atoms with van der Waals surface area (Å²) in [5.74, 6) is 0. The van der Waals surface area contributed by atoms with Crippen molar-refractivity contribution >= 4 is 16.5 Å². The van der Waals surface area contributed by atoms with Crippen LogP contribution in [0, 0.1) is 0 Å². The van der Waals surface area contributed by atoms with E-state index in [0.29, 0.717) is 11.7 Å². The molecule has 0 atom stereocenters. The number of nitrogen functional groups attached to an aromatic ring is 1. The smallest absolute Gasteiger partial charge is 0.331 e. The SMILES string of the molecule is CCCn1ccc(=O)n(Cc2cnc(N)s2)c1=O. The second kappa shape index (κ2) is 5.18. The van der Waals surface area contributed by atoms with Crippen LogP contribution in [0.15, 0.2) is 28.0 Å². The normalized spacial score (nSPS) is 10.7. The van der Waals surface area contributed by atoms with Crippen LogP contribution in [-0.2, 0) is 13.1 Å². The van der Waals surface area contributed by atoms with E-state index in [1.54, 1.807) is 6.20 Å². The van der Waals surface area contributed by atoms with Gasteiger partial charge in [-0.1, -0.05) is 6.92 Å². The van der Waals surface area contributed by atoms with Crippen LogP contribution in [0.3, 0.4) is 0 Å². The first-order chi connectivity index (χ1) is 8.61. The van der Waals surface area contributed by atoms with Gasteiger partial charge in [-0.25, -0.2) is 9.78 Å². The molecule has 6 nitrogen and oxygen atoms in total. The number of nitrogens with two attached hydrogens (primary N) is 1. The molecule has 0 aliphatic rings. The number of aromatic nitrogens is 3. The molecule has 0 fully saturated rings. The molecule has 0 saturated carbocycles. The summed E-state index contributed by atoms with van der Waals surface area (Å²) in [4.78, 5) is 28.5. The topological polar surface area (TPSA) is 82.9 Å². The van der Waals surface area contributed by atoms with E-state index in [1.807, 2.05) is 6.92 Å². The van der Waals surface area contributed by atoms with Crippen molar-refractivity contribution in [3.63, 3.8) is 0 Å². The predicted molar refractivity (Wildman–Crippen MR) is 70.9 cm³/mol. The van der Waals surface area contributed by atoms with Gasteiger partial charge in [-0.15, -0.1) is 11.3 Å². The van der Waals surface area contributed by atoms with Gasteiger partial charge in [-0.3, -0.25) is 9.36 Å². The van der Waals surface area contributed by atoms with Crippen molar-refractivity contribution in [3.8, 4) is 0 Å². The number of aryl methyl sites for hydroxylation is 1. The molecule has 7 heteroatoms. The molecule has 0 aromatic carbocycles. The number of rotatable bonds is 4. The van der Waals surface area contributed by atoms with Crippen molar-refractivity contribution < 1.29 is 0 Å². The lowest BCUT2D eigenvalue weighted by molar-refractivity contribution is 0.572. The highest BCUT2D eigenvalue weighted by Crippen LogP contribution is 2.14. The first-order valence-corrected chi connectivity index (χ1v) is 6.44. The first-order valence-electron chi connectivity index (χ1n) is 5.62. The summed E-state index contributed by atoms with van der Waals surface area (Å²) in [6.07, 6.45) is 3.96. The third-order valence-corrected chi connectivity index (χ3v) is 3.30. The molecule has 0 aliphatic heterocycles. The van der Waals surface area contributed by atoms with Gasteiger partial charge in [0, 0.05) is 29.9 Å². The first kappa shape index (κ1) is 12.6. The molecule has 2 heterocycles. The number of thiazole rings is 1. The quantitative estimate of drug-likeness (QED) is 0.874. The number of nitrogens with zero attached hydrogens (tertiary/aromatic N) is 3. The van der Waals surface area contributed by atoms with Crippen molar-refractivity contribution in [3.05, 3.63) is 44.2 Å². The van der Waals surface area contributed by atoms with E-state index in [2.05, 4.69) is 4.98 Å². The van der Waals surface area contributed by atoms with Crippen LogP contribution in [0.5, 0.6) is 0 Å². The maximum absolute atomic E-state index is 12.1. The van der Waals surface area contributed by atoms with Crippen LogP contribution in [0.4, 0.5) is 5.13 Å². The molecule has 0 saturated heterocycles. The molecule has 2 aromatic rings. The van der Waals surface area contributed by atoms with Crippen LogP contribution >= 0.6 is 11.3 Å². The molecule has 2 aromatic heterocycles. The Hall–Kier alpha value is -1.89. The fourth-order valence-corrected chi connectivity index (χ4v) is 2.34. The second-order valence-corrected chi connectivity index (χ2v) is 5.03. The monoisotopic (exact) mass is 266 g/mol. The highest BCUT2D eigenvalue weighted by Gasteiger charge is 2.07. The Balaban J connectivity index is 2.40. The lowest BCUT2D eigenvalue weighted by atomic mass is 10.4. The van der Waals surface area contributed by atoms with Gasteiger partial charge in [0.15, 0.2) is 5.13 Å². The highest BCUT2D eigenvalue weighted by atomic mass is 32.1. The van der Waals surface area contributed by atoms with Gasteiger partial charge in [-0.2, -0.15) is 0 Å². The Morgan fingerprint density at radius 1 is 1.44 bits per heavy atom. The van der Waals surface area contributed by atoms with E-state index in [9.17, 15) is 9.59 Å². The maximum atomic E-state index is 12.1. The van der Waals surface area contributed by atoms with E-state index in [1.165, 1.54) is 32.7 Å². The van der Waals surface area contributed by atoms with Gasteiger partial charge in [0.05, 0.1) is 6.54 Å². The Morgan fingerprint density at radius 3 is 2.83 bits per heavy atom. The molecular weight excluding hydrogens is 252 g/mol. The average molecular weight is 266 g/mol. The van der Waals surface area contributed by atoms with Gasteiger partial charge in [-0.05, 0) is 6.42 Å². The lowest BCUT2D eigenvalue weighted by Crippen LogP contribution is -2.39. The molecule has 2 rings (SSSR count). The van der Waals surface area contributed by atoms with Crippen LogP contribution in [0.2, 0.25) is 0 Å². The zero-order valence-electron chi connectivity index (χ0n) is 10.00. The van der Waals surface area contributed by atoms with Gasteiger partial charge < -0.3 is 10.3 Å². The molecule has 96 valence electrons. The number of anilines is 1. The van der Waals surface area contributed by atoms with Crippen LogP contribution in [-0.4, -0.2) is 14.1 Å². The largest absolute Gasteiger partial charge is 0.375 e. The van der Waals surface area contributed by atoms with E-state index in [4.69, 9.17) is 5.73 Å². The summed E-state index contributed by atoms with van der Waals surface area (Å²) in [6, 6.07) is 1.40. The Bertz CT molecular complexity index is 656. The lowest BCUT2D eigenvalue weighted by Gasteiger charge is -2.07. The van der Waals surface area contributed by atoms with E-state index in [-0.39, 0.29) is 17.8 Å². The summed E-state index contributed by atoms with van der Waals surface area (Å²) in [5.41, 5.74) is 4.92. The van der Waals surface area contributed by atoms with Gasteiger partial charge in [0.1, 0.15) is 0 Å². The Morgan fingerprint density at radius 2 is 2.22 bits per heavy atom. The fraction of sp³-hybridized carbons (Fsp3) is 0.364. The maximum Gasteiger partial charge on any atom is 0.331 e. The third-order valence-electron chi connectivity index (χ3n) is 2.49. The minimum absolute atomic E-state index is 0.219. The number of hydrogen-bond acceptors (Lipinski definition) is 5. The summed E-state index contributed by atoms with van der Waals surface area (Å²) in [6.45, 7) is 2.80. The summed E-state index contributed by atoms with van der Waals surface area (Å²) in [7, 11) is 0. The van der Waals surface area contributed by atoms with Crippen molar-refractivity contribution in [2.24, 2.45) is 0 Å². The molecule has 0 aliphatic carbocycles. The molecular formula is C11H14N4O2S. The third kappa shape index (κ3) is 2.51. The minimum Gasteiger partial charge on any atom is -0.375 e. The molecule has 0 bridgehead atoms. The van der Waals surface area contributed by atoms with E-state index >= 15 is 0 Å². The zero-order valence-corrected chi connectivity index (χ0v) is 10.8. The van der Waals surface area contributed by atoms with E-state index < -0.39 is 0 Å². The highest BCUT2D eigenvalue weighted by molar-refractivity contribution is 7.15. The standard InChI is InChI=1S/C11H14N4O2S/c1-2-4-14-5-3-9(16)15(11(14)17)7-8-6-13-10(12)18-8/h3,5-6H,2,4,7H2,1H3,(H2,12,13). The molecule has 18 heavy (non-hydrogen) atoms. The number of hydrogen-bond donors (Lipinski definition) is 1. The average Bonchev–Trinajstić information content (AvgIpc) is 2.74. The second-order valence-electron chi connectivity index (χ2n) is 3.88. The van der Waals surface area contributed by atoms with Crippen LogP contribution in [0.1, 0.15) is 18.2 Å². The molecule has 0 radical (unpaired) electrons. The molecule has 0 amide bonds. The van der Waals surface area contributed by atoms with Gasteiger partial charge in [0.25, 0.3) is 5.56 Å². The molecule has 0 spiro atoms. The van der Waals surface area contributed by atoms with Gasteiger partial charge in [0.2, 0.25) is 0 Å². The Labute approximate surface area is 107 Å². The predicted octanol–water partition coefficient (Wildman–Crippen LogP) is 0.507. The van der Waals surface area contributed by atoms with Crippen molar-refractivity contribution in [1.29, 1.82) is 0 Å². The van der Waals surface area contributed by atoms with Gasteiger partial charge >= 0.3 is 5.69 Å².